The van der Waals surface area contributed by atoms with Gasteiger partial charge >= 0.3 is 0 Å². The van der Waals surface area contributed by atoms with E-state index in [1.165, 1.54) is 0 Å². The second kappa shape index (κ2) is 5.21. The average Bonchev–Trinajstić information content (AvgIpc) is 2.77. The van der Waals surface area contributed by atoms with Crippen molar-refractivity contribution in [1.29, 1.82) is 0 Å². The second-order valence-electron chi connectivity index (χ2n) is 3.53. The fourth-order valence-corrected chi connectivity index (χ4v) is 1.45. The van der Waals surface area contributed by atoms with E-state index in [9.17, 15) is 5.11 Å². The van der Waals surface area contributed by atoms with Gasteiger partial charge in [-0.3, -0.25) is 0 Å². The molecule has 0 spiro atoms. The third-order valence-corrected chi connectivity index (χ3v) is 2.23. The largest absolute Gasteiger partial charge is 0.508 e. The fourth-order valence-electron chi connectivity index (χ4n) is 1.45. The van der Waals surface area contributed by atoms with Crippen LogP contribution in [0, 0.1) is 0 Å². The Hall–Kier alpha value is -1.97. The van der Waals surface area contributed by atoms with Gasteiger partial charge in [0.05, 0.1) is 12.9 Å². The Labute approximate surface area is 93.9 Å². The lowest BCUT2D eigenvalue weighted by atomic mass is 10.2. The van der Waals surface area contributed by atoms with Crippen LogP contribution >= 0.6 is 0 Å². The summed E-state index contributed by atoms with van der Waals surface area (Å²) in [5.74, 6) is 0.927. The monoisotopic (exact) mass is 218 g/mol. The summed E-state index contributed by atoms with van der Waals surface area (Å²) in [6.45, 7) is 0.627. The molecule has 0 unspecified atom stereocenters. The molecule has 84 valence electrons. The Morgan fingerprint density at radius 1 is 1.38 bits per heavy atom. The Morgan fingerprint density at radius 3 is 3.06 bits per heavy atom. The molecule has 4 nitrogen and oxygen atoms in total. The van der Waals surface area contributed by atoms with Crippen LogP contribution in [0.15, 0.2) is 36.8 Å². The molecule has 0 aliphatic carbocycles. The number of hydrogen-bond donors (Lipinski definition) is 2. The van der Waals surface area contributed by atoms with Gasteiger partial charge in [0.15, 0.2) is 0 Å². The molecule has 0 aliphatic rings. The molecule has 2 rings (SSSR count). The zero-order valence-corrected chi connectivity index (χ0v) is 8.89. The number of benzene rings is 1. The van der Waals surface area contributed by atoms with E-state index >= 15 is 0 Å². The molecule has 1 heterocycles. The summed E-state index contributed by atoms with van der Waals surface area (Å²) in [5, 5.41) is 9.23. The maximum absolute atomic E-state index is 9.23. The molecule has 0 fully saturated rings. The maximum atomic E-state index is 9.23. The molecule has 0 radical (unpaired) electrons. The van der Waals surface area contributed by atoms with Gasteiger partial charge in [-0.15, -0.1) is 0 Å². The zero-order chi connectivity index (χ0) is 11.2. The predicted octanol–water partition coefficient (Wildman–Crippen LogP) is 2.13. The van der Waals surface area contributed by atoms with Gasteiger partial charge in [0.25, 0.3) is 0 Å². The van der Waals surface area contributed by atoms with Crippen molar-refractivity contribution in [3.05, 3.63) is 42.5 Å². The minimum atomic E-state index is 0.228. The van der Waals surface area contributed by atoms with Crippen LogP contribution in [0.4, 0.5) is 0 Å². The van der Waals surface area contributed by atoms with Crippen molar-refractivity contribution < 1.29 is 9.84 Å². The van der Waals surface area contributed by atoms with Gasteiger partial charge in [-0.2, -0.15) is 0 Å². The lowest BCUT2D eigenvalue weighted by Crippen LogP contribution is -1.99. The number of ether oxygens (including phenoxy) is 1. The summed E-state index contributed by atoms with van der Waals surface area (Å²) < 4.78 is 5.49. The van der Waals surface area contributed by atoms with Crippen LogP contribution in [-0.4, -0.2) is 21.7 Å². The molecule has 1 aromatic carbocycles. The van der Waals surface area contributed by atoms with Gasteiger partial charge in [-0.05, 0) is 25.0 Å². The molecule has 0 atom stereocenters. The number of imidazole rings is 1. The minimum Gasteiger partial charge on any atom is -0.508 e. The molecule has 0 aliphatic heterocycles. The number of aryl methyl sites for hydroxylation is 1. The van der Waals surface area contributed by atoms with Crippen LogP contribution in [0.25, 0.3) is 0 Å². The summed E-state index contributed by atoms with van der Waals surface area (Å²) in [4.78, 5) is 6.98. The van der Waals surface area contributed by atoms with Gasteiger partial charge < -0.3 is 14.8 Å². The molecule has 4 heteroatoms. The van der Waals surface area contributed by atoms with Gasteiger partial charge in [-0.1, -0.05) is 6.07 Å². The van der Waals surface area contributed by atoms with Crippen molar-refractivity contribution in [3.8, 4) is 11.5 Å². The summed E-state index contributed by atoms with van der Waals surface area (Å²) in [7, 11) is 0. The quantitative estimate of drug-likeness (QED) is 0.756. The number of hydrogen-bond acceptors (Lipinski definition) is 3. The Morgan fingerprint density at radius 2 is 2.31 bits per heavy atom. The minimum absolute atomic E-state index is 0.228. The first kappa shape index (κ1) is 10.5. The van der Waals surface area contributed by atoms with Crippen LogP contribution < -0.4 is 4.74 Å². The SMILES string of the molecule is Oc1cccc(OCCCc2cnc[nH]2)c1. The van der Waals surface area contributed by atoms with Crippen molar-refractivity contribution in [1.82, 2.24) is 9.97 Å². The van der Waals surface area contributed by atoms with E-state index in [0.29, 0.717) is 12.4 Å². The molecule has 0 bridgehead atoms. The summed E-state index contributed by atoms with van der Waals surface area (Å²) in [6.07, 6.45) is 5.32. The van der Waals surface area contributed by atoms with E-state index in [1.54, 1.807) is 24.5 Å². The predicted molar refractivity (Wildman–Crippen MR) is 60.5 cm³/mol. The average molecular weight is 218 g/mol. The highest BCUT2D eigenvalue weighted by Gasteiger charge is 1.97. The van der Waals surface area contributed by atoms with Gasteiger partial charge in [0.2, 0.25) is 0 Å². The molecule has 16 heavy (non-hydrogen) atoms. The lowest BCUT2D eigenvalue weighted by Gasteiger charge is -2.05. The number of phenolic OH excluding ortho intramolecular Hbond substituents is 1. The van der Waals surface area contributed by atoms with Gasteiger partial charge in [-0.25, -0.2) is 4.98 Å². The first-order chi connectivity index (χ1) is 7.84. The van der Waals surface area contributed by atoms with E-state index in [1.807, 2.05) is 12.3 Å². The number of rotatable bonds is 5. The van der Waals surface area contributed by atoms with Crippen molar-refractivity contribution in [2.24, 2.45) is 0 Å². The second-order valence-corrected chi connectivity index (χ2v) is 3.53. The molecular formula is C12H14N2O2. The van der Waals surface area contributed by atoms with Crippen molar-refractivity contribution >= 4 is 0 Å². The molecule has 2 N–H and O–H groups in total. The van der Waals surface area contributed by atoms with Crippen molar-refractivity contribution in [2.45, 2.75) is 12.8 Å². The number of phenols is 1. The molecule has 2 aromatic rings. The topological polar surface area (TPSA) is 58.1 Å². The first-order valence-corrected chi connectivity index (χ1v) is 5.24. The summed E-state index contributed by atoms with van der Waals surface area (Å²) >= 11 is 0. The van der Waals surface area contributed by atoms with Crippen LogP contribution in [0.5, 0.6) is 11.5 Å². The fraction of sp³-hybridized carbons (Fsp3) is 0.250. The molecule has 0 saturated heterocycles. The number of H-pyrrole nitrogens is 1. The van der Waals surface area contributed by atoms with Crippen LogP contribution in [0.3, 0.4) is 0 Å². The Balaban J connectivity index is 1.72. The van der Waals surface area contributed by atoms with E-state index in [0.717, 1.165) is 18.5 Å². The highest BCUT2D eigenvalue weighted by Crippen LogP contribution is 2.17. The molecular weight excluding hydrogens is 204 g/mol. The number of aromatic nitrogens is 2. The molecule has 1 aromatic heterocycles. The van der Waals surface area contributed by atoms with Gasteiger partial charge in [0, 0.05) is 18.0 Å². The highest BCUT2D eigenvalue weighted by atomic mass is 16.5. The van der Waals surface area contributed by atoms with E-state index in [-0.39, 0.29) is 5.75 Å². The standard InChI is InChI=1S/C12H14N2O2/c15-11-4-1-5-12(7-11)16-6-2-3-10-8-13-9-14-10/h1,4-5,7-9,15H,2-3,6H2,(H,13,14). The smallest absolute Gasteiger partial charge is 0.122 e. The summed E-state index contributed by atoms with van der Waals surface area (Å²) in [5.41, 5.74) is 1.11. The third kappa shape index (κ3) is 3.02. The third-order valence-electron chi connectivity index (χ3n) is 2.23. The summed E-state index contributed by atoms with van der Waals surface area (Å²) in [6, 6.07) is 6.82. The number of nitrogens with one attached hydrogen (secondary N) is 1. The van der Waals surface area contributed by atoms with Crippen LogP contribution in [0.1, 0.15) is 12.1 Å². The van der Waals surface area contributed by atoms with Crippen molar-refractivity contribution in [2.75, 3.05) is 6.61 Å². The highest BCUT2D eigenvalue weighted by molar-refractivity contribution is 5.31. The molecule has 0 amide bonds. The normalized spacial score (nSPS) is 10.2. The zero-order valence-electron chi connectivity index (χ0n) is 8.89. The lowest BCUT2D eigenvalue weighted by molar-refractivity contribution is 0.309. The Bertz CT molecular complexity index is 426. The van der Waals surface area contributed by atoms with Crippen LogP contribution in [0.2, 0.25) is 0 Å². The van der Waals surface area contributed by atoms with E-state index in [2.05, 4.69) is 9.97 Å². The number of nitrogens with zero attached hydrogens (tertiary/aromatic N) is 1. The van der Waals surface area contributed by atoms with Crippen LogP contribution in [-0.2, 0) is 6.42 Å². The number of aromatic hydroxyl groups is 1. The number of aromatic amines is 1. The Kier molecular flexibility index (Phi) is 3.43. The first-order valence-electron chi connectivity index (χ1n) is 5.24. The van der Waals surface area contributed by atoms with E-state index < -0.39 is 0 Å². The maximum Gasteiger partial charge on any atom is 0.122 e. The van der Waals surface area contributed by atoms with Crippen molar-refractivity contribution in [3.63, 3.8) is 0 Å². The van der Waals surface area contributed by atoms with E-state index in [4.69, 9.17) is 4.74 Å². The van der Waals surface area contributed by atoms with Gasteiger partial charge in [0.1, 0.15) is 11.5 Å². The molecule has 0 saturated carbocycles.